The number of nitrogens with two attached hydrogens (primary N) is 1. The molecule has 8 heteroatoms. The Labute approximate surface area is 153 Å². The first-order valence-corrected chi connectivity index (χ1v) is 8.34. The van der Waals surface area contributed by atoms with Crippen LogP contribution in [-0.2, 0) is 7.05 Å². The maximum atomic E-state index is 6.16. The summed E-state index contributed by atoms with van der Waals surface area (Å²) >= 11 is 12.3. The molecule has 0 atom stereocenters. The minimum atomic E-state index is 0.359. The molecule has 0 aliphatic rings. The van der Waals surface area contributed by atoms with Gasteiger partial charge in [0.15, 0.2) is 0 Å². The van der Waals surface area contributed by atoms with Crippen molar-refractivity contribution in [2.24, 2.45) is 7.05 Å². The molecular weight excluding hydrogens is 359 g/mol. The van der Waals surface area contributed by atoms with E-state index in [1.165, 1.54) is 0 Å². The predicted octanol–water partition coefficient (Wildman–Crippen LogP) is 3.88. The highest BCUT2D eigenvalue weighted by Crippen LogP contribution is 2.36. The van der Waals surface area contributed by atoms with Crippen LogP contribution in [0.1, 0.15) is 5.82 Å². The fourth-order valence-electron chi connectivity index (χ4n) is 2.77. The van der Waals surface area contributed by atoms with Crippen LogP contribution in [-0.4, -0.2) is 15.0 Å². The van der Waals surface area contributed by atoms with E-state index in [1.807, 2.05) is 30.8 Å². The Morgan fingerprint density at radius 3 is 2.60 bits per heavy atom. The summed E-state index contributed by atoms with van der Waals surface area (Å²) in [7, 11) is 1.96. The highest BCUT2D eigenvalue weighted by molar-refractivity contribution is 6.39. The Morgan fingerprint density at radius 1 is 1.16 bits per heavy atom. The van der Waals surface area contributed by atoms with E-state index in [4.69, 9.17) is 33.9 Å². The van der Waals surface area contributed by atoms with E-state index >= 15 is 0 Å². The first-order chi connectivity index (χ1) is 11.9. The number of fused-ring (bicyclic) bond motifs is 2. The summed E-state index contributed by atoms with van der Waals surface area (Å²) in [5.41, 5.74) is 10.2. The number of anilines is 3. The first-order valence-electron chi connectivity index (χ1n) is 7.58. The van der Waals surface area contributed by atoms with Crippen molar-refractivity contribution in [3.8, 4) is 0 Å². The largest absolute Gasteiger partial charge is 0.396 e. The van der Waals surface area contributed by atoms with Gasteiger partial charge in [-0.2, -0.15) is 0 Å². The van der Waals surface area contributed by atoms with Crippen molar-refractivity contribution in [3.05, 3.63) is 46.6 Å². The Balaban J connectivity index is 1.98. The molecule has 0 saturated heterocycles. The molecule has 0 aliphatic heterocycles. The second-order valence-electron chi connectivity index (χ2n) is 5.87. The summed E-state index contributed by atoms with van der Waals surface area (Å²) in [6, 6.07) is 5.49. The van der Waals surface area contributed by atoms with E-state index in [1.54, 1.807) is 18.5 Å². The summed E-state index contributed by atoms with van der Waals surface area (Å²) in [5, 5.41) is 5.12. The fraction of sp³-hybridized carbons (Fsp3) is 0.118. The quantitative estimate of drug-likeness (QED) is 0.367. The Bertz CT molecular complexity index is 1110. The average Bonchev–Trinajstić information content (AvgIpc) is 3.02. The van der Waals surface area contributed by atoms with Crippen LogP contribution < -0.4 is 15.6 Å². The van der Waals surface area contributed by atoms with Gasteiger partial charge in [0.1, 0.15) is 17.4 Å². The third-order valence-electron chi connectivity index (χ3n) is 4.18. The van der Waals surface area contributed by atoms with Gasteiger partial charge in [-0.15, -0.1) is 0 Å². The summed E-state index contributed by atoms with van der Waals surface area (Å²) in [6.07, 6.45) is 3.69. The molecule has 2 heterocycles. The van der Waals surface area contributed by atoms with Crippen LogP contribution in [0.3, 0.4) is 0 Å². The highest BCUT2D eigenvalue weighted by Gasteiger charge is 2.18. The minimum absolute atomic E-state index is 0.359. The number of benzene rings is 2. The van der Waals surface area contributed by atoms with E-state index < -0.39 is 0 Å². The first kappa shape index (κ1) is 15.9. The van der Waals surface area contributed by atoms with Crippen molar-refractivity contribution in [1.29, 1.82) is 0 Å². The molecule has 0 bridgehead atoms. The van der Waals surface area contributed by atoms with Crippen LogP contribution in [0.4, 0.5) is 17.1 Å². The molecule has 4 aromatic rings. The van der Waals surface area contributed by atoms with Crippen LogP contribution in [0.15, 0.2) is 30.7 Å². The molecule has 0 saturated carbocycles. The normalized spacial score (nSPS) is 11.4. The molecule has 126 valence electrons. The molecule has 2 aromatic carbocycles. The van der Waals surface area contributed by atoms with Crippen molar-refractivity contribution in [2.75, 3.05) is 11.1 Å². The molecule has 0 radical (unpaired) electrons. The van der Waals surface area contributed by atoms with Gasteiger partial charge in [-0.05, 0) is 23.2 Å². The minimum Gasteiger partial charge on any atom is -0.396 e. The molecular formula is C17H15Cl2N6+. The lowest BCUT2D eigenvalue weighted by Gasteiger charge is -2.11. The second-order valence-corrected chi connectivity index (χ2v) is 6.68. The molecule has 2 aromatic heterocycles. The van der Waals surface area contributed by atoms with E-state index in [0.29, 0.717) is 21.4 Å². The number of hydrogen-bond acceptors (Lipinski definition) is 4. The van der Waals surface area contributed by atoms with Crippen LogP contribution in [0.5, 0.6) is 0 Å². The number of rotatable bonds is 2. The van der Waals surface area contributed by atoms with Gasteiger partial charge in [0.2, 0.25) is 5.52 Å². The van der Waals surface area contributed by atoms with Gasteiger partial charge >= 0.3 is 0 Å². The van der Waals surface area contributed by atoms with Crippen LogP contribution in [0.2, 0.25) is 10.0 Å². The van der Waals surface area contributed by atoms with E-state index in [9.17, 15) is 0 Å². The van der Waals surface area contributed by atoms with Gasteiger partial charge in [-0.1, -0.05) is 23.2 Å². The fourth-order valence-corrected chi connectivity index (χ4v) is 3.26. The van der Waals surface area contributed by atoms with Gasteiger partial charge in [0, 0.05) is 12.6 Å². The molecule has 4 N–H and O–H groups in total. The number of nitrogens with zero attached hydrogens (tertiary/aromatic N) is 3. The molecule has 6 nitrogen and oxygen atoms in total. The highest BCUT2D eigenvalue weighted by atomic mass is 35.5. The molecule has 0 aliphatic carbocycles. The standard InChI is InChI=1S/C17H14Cl2N6/c1-8-23-15-9(6-25(8)2)3-13-16(22-7-21-13)17(15)24-10-4-11(18)14(20)12(19)5-10/h3-7,24H,20H2,1-2H3/p+1. The van der Waals surface area contributed by atoms with E-state index in [-0.39, 0.29) is 0 Å². The van der Waals surface area contributed by atoms with Crippen molar-refractivity contribution in [1.82, 2.24) is 15.0 Å². The van der Waals surface area contributed by atoms with Crippen molar-refractivity contribution in [3.63, 3.8) is 0 Å². The van der Waals surface area contributed by atoms with Crippen molar-refractivity contribution >= 4 is 62.2 Å². The molecule has 0 amide bonds. The Hall–Kier alpha value is -2.57. The zero-order valence-electron chi connectivity index (χ0n) is 13.6. The summed E-state index contributed by atoms with van der Waals surface area (Å²) in [5.74, 6) is 0.888. The molecule has 0 spiro atoms. The number of aryl methyl sites for hydroxylation is 2. The number of aromatic amines is 1. The molecule has 0 fully saturated rings. The number of nitrogen functional groups attached to an aromatic ring is 1. The maximum Gasteiger partial charge on any atom is 0.295 e. The lowest BCUT2D eigenvalue weighted by molar-refractivity contribution is -0.679. The SMILES string of the molecule is Cc1nc2c(Nc3cc(Cl)c(N)c(Cl)c3)c3nc[nH]c3cc2c[n+]1C. The third kappa shape index (κ3) is 2.63. The van der Waals surface area contributed by atoms with Crippen LogP contribution in [0, 0.1) is 6.92 Å². The van der Waals surface area contributed by atoms with Crippen molar-refractivity contribution < 1.29 is 4.57 Å². The Kier molecular flexibility index (Phi) is 3.67. The number of halogens is 2. The molecule has 4 rings (SSSR count). The molecule has 25 heavy (non-hydrogen) atoms. The number of nitrogens with one attached hydrogen (secondary N) is 2. The van der Waals surface area contributed by atoms with Crippen molar-refractivity contribution in [2.45, 2.75) is 6.92 Å². The predicted molar refractivity (Wildman–Crippen MR) is 101 cm³/mol. The number of hydrogen-bond donors (Lipinski definition) is 3. The summed E-state index contributed by atoms with van der Waals surface area (Å²) < 4.78 is 1.98. The van der Waals surface area contributed by atoms with E-state index in [2.05, 4.69) is 15.3 Å². The van der Waals surface area contributed by atoms with Gasteiger partial charge in [0.25, 0.3) is 5.82 Å². The van der Waals surface area contributed by atoms with Crippen LogP contribution >= 0.6 is 23.2 Å². The third-order valence-corrected chi connectivity index (χ3v) is 4.81. The lowest BCUT2D eigenvalue weighted by Crippen LogP contribution is -2.32. The average molecular weight is 374 g/mol. The smallest absolute Gasteiger partial charge is 0.295 e. The van der Waals surface area contributed by atoms with Gasteiger partial charge < -0.3 is 16.0 Å². The van der Waals surface area contributed by atoms with Crippen LogP contribution in [0.25, 0.3) is 21.9 Å². The topological polar surface area (TPSA) is 83.5 Å². The summed E-state index contributed by atoms with van der Waals surface area (Å²) in [6.45, 7) is 1.95. The number of H-pyrrole nitrogens is 1. The van der Waals surface area contributed by atoms with Gasteiger partial charge in [0.05, 0.1) is 40.0 Å². The van der Waals surface area contributed by atoms with Gasteiger partial charge in [-0.25, -0.2) is 9.55 Å². The summed E-state index contributed by atoms with van der Waals surface area (Å²) in [4.78, 5) is 12.3. The zero-order chi connectivity index (χ0) is 17.7. The molecule has 0 unspecified atom stereocenters. The second kappa shape index (κ2) is 5.75. The zero-order valence-corrected chi connectivity index (χ0v) is 15.1. The maximum absolute atomic E-state index is 6.16. The lowest BCUT2D eigenvalue weighted by atomic mass is 10.1. The van der Waals surface area contributed by atoms with Gasteiger partial charge in [-0.3, -0.25) is 0 Å². The van der Waals surface area contributed by atoms with E-state index in [0.717, 1.165) is 33.4 Å². The number of aromatic nitrogens is 4. The Morgan fingerprint density at radius 2 is 1.88 bits per heavy atom. The monoisotopic (exact) mass is 373 g/mol. The number of imidazole rings is 1.